The van der Waals surface area contributed by atoms with E-state index in [1.54, 1.807) is 0 Å². The minimum Gasteiger partial charge on any atom is -0.330 e. The van der Waals surface area contributed by atoms with Crippen LogP contribution in [0, 0.1) is 5.41 Å². The van der Waals surface area contributed by atoms with Crippen LogP contribution < -0.4 is 5.73 Å². The molecule has 2 N–H and O–H groups in total. The molecule has 10 heavy (non-hydrogen) atoms. The van der Waals surface area contributed by atoms with Crippen LogP contribution in [0.4, 0.5) is 0 Å². The van der Waals surface area contributed by atoms with Crippen molar-refractivity contribution in [1.82, 2.24) is 0 Å². The van der Waals surface area contributed by atoms with Crippen LogP contribution in [-0.4, -0.2) is 6.54 Å². The summed E-state index contributed by atoms with van der Waals surface area (Å²) in [5.41, 5.74) is 6.30. The second-order valence-corrected chi connectivity index (χ2v) is 3.66. The fourth-order valence-electron chi connectivity index (χ4n) is 1.78. The first kappa shape index (κ1) is 8.06. The van der Waals surface area contributed by atoms with E-state index in [9.17, 15) is 0 Å². The lowest BCUT2D eigenvalue weighted by atomic mass is 9.66. The van der Waals surface area contributed by atoms with E-state index in [1.165, 1.54) is 38.5 Å². The molecule has 0 aliphatic heterocycles. The first-order valence-corrected chi connectivity index (χ1v) is 4.53. The van der Waals surface area contributed by atoms with E-state index in [0.29, 0.717) is 5.41 Å². The Hall–Kier alpha value is -0.0400. The van der Waals surface area contributed by atoms with Crippen molar-refractivity contribution >= 4 is 0 Å². The minimum absolute atomic E-state index is 0.593. The largest absolute Gasteiger partial charge is 0.330 e. The Morgan fingerprint density at radius 3 is 2.40 bits per heavy atom. The van der Waals surface area contributed by atoms with Gasteiger partial charge in [0.25, 0.3) is 0 Å². The Bertz CT molecular complexity index is 89.4. The summed E-state index contributed by atoms with van der Waals surface area (Å²) in [5.74, 6) is 0. The van der Waals surface area contributed by atoms with Gasteiger partial charge in [0.15, 0.2) is 0 Å². The van der Waals surface area contributed by atoms with Crippen molar-refractivity contribution in [2.24, 2.45) is 11.1 Å². The zero-order chi connectivity index (χ0) is 7.45. The molecular formula is C9H19N. The molecule has 0 radical (unpaired) electrons. The second kappa shape index (κ2) is 3.38. The second-order valence-electron chi connectivity index (χ2n) is 3.66. The molecule has 1 aliphatic rings. The normalized spacial score (nSPS) is 22.2. The van der Waals surface area contributed by atoms with E-state index >= 15 is 0 Å². The highest BCUT2D eigenvalue weighted by Crippen LogP contribution is 2.43. The lowest BCUT2D eigenvalue weighted by Crippen LogP contribution is -2.36. The molecule has 0 aromatic carbocycles. The molecule has 0 amide bonds. The lowest BCUT2D eigenvalue weighted by molar-refractivity contribution is 0.127. The van der Waals surface area contributed by atoms with E-state index < -0.39 is 0 Å². The average molecular weight is 141 g/mol. The van der Waals surface area contributed by atoms with Gasteiger partial charge in [-0.05, 0) is 31.2 Å². The van der Waals surface area contributed by atoms with Crippen LogP contribution >= 0.6 is 0 Å². The molecule has 0 saturated heterocycles. The quantitative estimate of drug-likeness (QED) is 0.638. The Kier molecular flexibility index (Phi) is 2.72. The molecule has 0 aromatic rings. The van der Waals surface area contributed by atoms with Crippen molar-refractivity contribution in [3.8, 4) is 0 Å². The third kappa shape index (κ3) is 1.51. The summed E-state index contributed by atoms with van der Waals surface area (Å²) in [6.45, 7) is 3.18. The maximum Gasteiger partial charge on any atom is -0.00205 e. The van der Waals surface area contributed by atoms with Crippen LogP contribution in [0.2, 0.25) is 0 Å². The number of hydrogen-bond donors (Lipinski definition) is 1. The van der Waals surface area contributed by atoms with Crippen molar-refractivity contribution in [2.45, 2.75) is 45.4 Å². The topological polar surface area (TPSA) is 26.0 Å². The van der Waals surface area contributed by atoms with Crippen molar-refractivity contribution in [3.05, 3.63) is 0 Å². The summed E-state index contributed by atoms with van der Waals surface area (Å²) < 4.78 is 0. The van der Waals surface area contributed by atoms with E-state index in [1.807, 2.05) is 0 Å². The Morgan fingerprint density at radius 1 is 1.40 bits per heavy atom. The van der Waals surface area contributed by atoms with Gasteiger partial charge in [-0.3, -0.25) is 0 Å². The summed E-state index contributed by atoms with van der Waals surface area (Å²) in [4.78, 5) is 0. The molecule has 0 heterocycles. The summed E-state index contributed by atoms with van der Waals surface area (Å²) in [6.07, 6.45) is 8.27. The van der Waals surface area contributed by atoms with E-state index in [0.717, 1.165) is 6.54 Å². The zero-order valence-corrected chi connectivity index (χ0v) is 7.03. The highest BCUT2D eigenvalue weighted by molar-refractivity contribution is 4.87. The van der Waals surface area contributed by atoms with Crippen molar-refractivity contribution < 1.29 is 0 Å². The van der Waals surface area contributed by atoms with Gasteiger partial charge in [0.05, 0.1) is 0 Å². The van der Waals surface area contributed by atoms with Gasteiger partial charge in [0, 0.05) is 0 Å². The predicted octanol–water partition coefficient (Wildman–Crippen LogP) is 2.31. The molecule has 1 fully saturated rings. The van der Waals surface area contributed by atoms with Gasteiger partial charge in [-0.2, -0.15) is 0 Å². The van der Waals surface area contributed by atoms with Crippen molar-refractivity contribution in [2.75, 3.05) is 6.54 Å². The molecule has 1 rings (SSSR count). The first-order valence-electron chi connectivity index (χ1n) is 4.53. The molecule has 0 aromatic heterocycles. The Morgan fingerprint density at radius 2 is 2.10 bits per heavy atom. The number of nitrogens with two attached hydrogens (primary N) is 1. The fraction of sp³-hybridized carbons (Fsp3) is 1.00. The molecule has 1 saturated carbocycles. The van der Waals surface area contributed by atoms with Gasteiger partial charge < -0.3 is 5.73 Å². The van der Waals surface area contributed by atoms with E-state index in [2.05, 4.69) is 6.92 Å². The standard InChI is InChI=1S/C9H19N/c1-2-3-5-9(8-10)6-4-7-9/h2-8,10H2,1H3. The number of unbranched alkanes of at least 4 members (excludes halogenated alkanes) is 1. The van der Waals surface area contributed by atoms with Crippen molar-refractivity contribution in [1.29, 1.82) is 0 Å². The number of rotatable bonds is 4. The maximum atomic E-state index is 5.71. The fourth-order valence-corrected chi connectivity index (χ4v) is 1.78. The van der Waals surface area contributed by atoms with Gasteiger partial charge in [-0.25, -0.2) is 0 Å². The summed E-state index contributed by atoms with van der Waals surface area (Å²) in [5, 5.41) is 0. The first-order chi connectivity index (χ1) is 4.83. The highest BCUT2D eigenvalue weighted by Gasteiger charge is 2.34. The monoisotopic (exact) mass is 141 g/mol. The van der Waals surface area contributed by atoms with Crippen LogP contribution in [-0.2, 0) is 0 Å². The van der Waals surface area contributed by atoms with Gasteiger partial charge in [0.2, 0.25) is 0 Å². The Balaban J connectivity index is 2.20. The SMILES string of the molecule is CCCCC1(CN)CCC1. The van der Waals surface area contributed by atoms with Gasteiger partial charge >= 0.3 is 0 Å². The van der Waals surface area contributed by atoms with Gasteiger partial charge in [0.1, 0.15) is 0 Å². The van der Waals surface area contributed by atoms with Gasteiger partial charge in [-0.15, -0.1) is 0 Å². The van der Waals surface area contributed by atoms with E-state index in [4.69, 9.17) is 5.73 Å². The minimum atomic E-state index is 0.593. The van der Waals surface area contributed by atoms with Gasteiger partial charge in [-0.1, -0.05) is 26.2 Å². The summed E-state index contributed by atoms with van der Waals surface area (Å²) in [7, 11) is 0. The molecule has 0 unspecified atom stereocenters. The van der Waals surface area contributed by atoms with Crippen LogP contribution in [0.3, 0.4) is 0 Å². The summed E-state index contributed by atoms with van der Waals surface area (Å²) in [6, 6.07) is 0. The van der Waals surface area contributed by atoms with Crippen LogP contribution in [0.25, 0.3) is 0 Å². The van der Waals surface area contributed by atoms with E-state index in [-0.39, 0.29) is 0 Å². The third-order valence-electron chi connectivity index (χ3n) is 2.91. The molecule has 0 bridgehead atoms. The van der Waals surface area contributed by atoms with Crippen LogP contribution in [0.1, 0.15) is 45.4 Å². The molecule has 1 heteroatoms. The smallest absolute Gasteiger partial charge is 0.00205 e. The highest BCUT2D eigenvalue weighted by atomic mass is 14.6. The molecular weight excluding hydrogens is 122 g/mol. The maximum absolute atomic E-state index is 5.71. The summed E-state index contributed by atoms with van der Waals surface area (Å²) >= 11 is 0. The predicted molar refractivity (Wildman–Crippen MR) is 44.9 cm³/mol. The lowest BCUT2D eigenvalue weighted by Gasteiger charge is -2.41. The molecule has 1 aliphatic carbocycles. The number of hydrogen-bond acceptors (Lipinski definition) is 1. The molecule has 60 valence electrons. The zero-order valence-electron chi connectivity index (χ0n) is 7.03. The molecule has 1 nitrogen and oxygen atoms in total. The van der Waals surface area contributed by atoms with Crippen LogP contribution in [0.5, 0.6) is 0 Å². The van der Waals surface area contributed by atoms with Crippen molar-refractivity contribution in [3.63, 3.8) is 0 Å². The molecule has 0 atom stereocenters. The Labute approximate surface area is 64.0 Å². The van der Waals surface area contributed by atoms with Crippen LogP contribution in [0.15, 0.2) is 0 Å². The molecule has 0 spiro atoms. The average Bonchev–Trinajstić information content (AvgIpc) is 1.87. The third-order valence-corrected chi connectivity index (χ3v) is 2.91.